The normalized spacial score (nSPS) is 23.6. The van der Waals surface area contributed by atoms with Crippen LogP contribution in [0.4, 0.5) is 26.7 Å². The number of halogens is 5. The van der Waals surface area contributed by atoms with E-state index in [1.807, 2.05) is 0 Å². The molecule has 1 aliphatic carbocycles. The smallest absolute Gasteiger partial charge is 0.364 e. The molecule has 1 aliphatic heterocycles. The first-order chi connectivity index (χ1) is 16.0. The second kappa shape index (κ2) is 8.08. The van der Waals surface area contributed by atoms with Gasteiger partial charge in [-0.2, -0.15) is 13.2 Å². The molecule has 182 valence electrons. The summed E-state index contributed by atoms with van der Waals surface area (Å²) in [6.45, 7) is -2.89. The number of hydrogen-bond acceptors (Lipinski definition) is 4. The van der Waals surface area contributed by atoms with Gasteiger partial charge in [0.1, 0.15) is 5.82 Å². The van der Waals surface area contributed by atoms with Gasteiger partial charge >= 0.3 is 12.2 Å². The minimum absolute atomic E-state index is 0.0726. The Morgan fingerprint density at radius 1 is 1.36 bits per heavy atom. The molecule has 0 spiro atoms. The molecule has 2 aromatic rings. The standard InChI is InChI=1S/C21H26F5N5O2/c1-19(2,21(24,25)26)33-8-13(27)17-29-14-6-5-12(7-15(14)30-17)16(11-3-4-11)31-10-20(22,23)9-28-18(31)32/h5-7,11,13,16H,3-4,8-10,27H2,1-2H3,(H,28,32)(H,29,30)/t13-,16+/m0/s1/i9D2. The summed E-state index contributed by atoms with van der Waals surface area (Å²) < 4.78 is 87.7. The second-order valence-corrected chi connectivity index (χ2v) is 8.99. The Labute approximate surface area is 189 Å². The maximum atomic E-state index is 14.4. The van der Waals surface area contributed by atoms with E-state index in [2.05, 4.69) is 9.97 Å². The molecular weight excluding hydrogens is 449 g/mol. The highest BCUT2D eigenvalue weighted by atomic mass is 19.4. The lowest BCUT2D eigenvalue weighted by molar-refractivity contribution is -0.264. The molecule has 4 N–H and O–H groups in total. The summed E-state index contributed by atoms with van der Waals surface area (Å²) >= 11 is 0. The molecular formula is C21H26F5N5O2. The zero-order valence-corrected chi connectivity index (χ0v) is 18.0. The van der Waals surface area contributed by atoms with E-state index in [0.29, 0.717) is 29.4 Å². The van der Waals surface area contributed by atoms with E-state index in [-0.39, 0.29) is 11.7 Å². The average Bonchev–Trinajstić information content (AvgIpc) is 3.46. The van der Waals surface area contributed by atoms with E-state index in [4.69, 9.17) is 13.2 Å². The zero-order chi connectivity index (χ0) is 26.0. The van der Waals surface area contributed by atoms with Crippen LogP contribution < -0.4 is 11.1 Å². The van der Waals surface area contributed by atoms with Crippen LogP contribution in [-0.4, -0.2) is 58.2 Å². The van der Waals surface area contributed by atoms with Crippen molar-refractivity contribution in [3.05, 3.63) is 29.6 Å². The van der Waals surface area contributed by atoms with Crippen LogP contribution in [0.3, 0.4) is 0 Å². The van der Waals surface area contributed by atoms with Crippen LogP contribution in [0.15, 0.2) is 18.2 Å². The second-order valence-electron chi connectivity index (χ2n) is 8.99. The SMILES string of the molecule is [2H]C1([2H])NC(=O)N([C@@H](c2ccc3[nH]c([C@@H](N)COC(C)(C)C(F)(F)F)nc3c2)C2CC2)CC1(F)F. The van der Waals surface area contributed by atoms with Gasteiger partial charge in [0.05, 0.1) is 45.5 Å². The molecule has 0 radical (unpaired) electrons. The van der Waals surface area contributed by atoms with E-state index in [1.54, 1.807) is 23.5 Å². The highest BCUT2D eigenvalue weighted by molar-refractivity contribution is 5.78. The third-order valence-electron chi connectivity index (χ3n) is 5.91. The third kappa shape index (κ3) is 4.91. The predicted octanol–water partition coefficient (Wildman–Crippen LogP) is 4.03. The topological polar surface area (TPSA) is 96.3 Å². The highest BCUT2D eigenvalue weighted by Crippen LogP contribution is 2.46. The molecule has 1 saturated heterocycles. The first-order valence-electron chi connectivity index (χ1n) is 11.4. The number of amides is 2. The van der Waals surface area contributed by atoms with Crippen molar-refractivity contribution in [2.75, 3.05) is 19.6 Å². The molecule has 2 fully saturated rings. The quantitative estimate of drug-likeness (QED) is 0.525. The fraction of sp³-hybridized carbons (Fsp3) is 0.619. The van der Waals surface area contributed by atoms with E-state index >= 15 is 0 Å². The molecule has 4 rings (SSSR count). The Hall–Kier alpha value is -2.47. The number of H-pyrrole nitrogens is 1. The Balaban J connectivity index is 1.57. The number of alkyl halides is 5. The number of rotatable bonds is 7. The van der Waals surface area contributed by atoms with Crippen LogP contribution in [0.1, 0.15) is 52.9 Å². The van der Waals surface area contributed by atoms with Gasteiger partial charge < -0.3 is 25.7 Å². The number of nitrogens with two attached hydrogens (primary N) is 1. The molecule has 0 unspecified atom stereocenters. The molecule has 2 atom stereocenters. The lowest BCUT2D eigenvalue weighted by Gasteiger charge is -2.38. The van der Waals surface area contributed by atoms with Gasteiger partial charge in [0, 0.05) is 0 Å². The zero-order valence-electron chi connectivity index (χ0n) is 20.0. The van der Waals surface area contributed by atoms with Crippen molar-refractivity contribution >= 4 is 17.1 Å². The van der Waals surface area contributed by atoms with Crippen LogP contribution in [0, 0.1) is 5.92 Å². The number of imidazole rings is 1. The number of carbonyl (C=O) groups is 1. The molecule has 1 saturated carbocycles. The lowest BCUT2D eigenvalue weighted by atomic mass is 9.99. The van der Waals surface area contributed by atoms with Crippen molar-refractivity contribution in [3.63, 3.8) is 0 Å². The first kappa shape index (κ1) is 21.1. The van der Waals surface area contributed by atoms with Crippen molar-refractivity contribution in [2.24, 2.45) is 11.7 Å². The van der Waals surface area contributed by atoms with Gasteiger partial charge in [-0.1, -0.05) is 6.07 Å². The lowest BCUT2D eigenvalue weighted by Crippen LogP contribution is -2.58. The first-order valence-corrected chi connectivity index (χ1v) is 10.4. The van der Waals surface area contributed by atoms with Crippen LogP contribution in [-0.2, 0) is 4.74 Å². The number of hydrogen-bond donors (Lipinski definition) is 3. The molecule has 0 bridgehead atoms. The van der Waals surface area contributed by atoms with Crippen molar-refractivity contribution in [1.82, 2.24) is 20.2 Å². The monoisotopic (exact) mass is 477 g/mol. The summed E-state index contributed by atoms with van der Waals surface area (Å²) in [4.78, 5) is 20.8. The number of aromatic amines is 1. The van der Waals surface area contributed by atoms with E-state index < -0.39 is 55.5 Å². The summed E-state index contributed by atoms with van der Waals surface area (Å²) in [5, 5.41) is 1.76. The van der Waals surface area contributed by atoms with Crippen molar-refractivity contribution in [3.8, 4) is 0 Å². The molecule has 33 heavy (non-hydrogen) atoms. The Morgan fingerprint density at radius 2 is 2.06 bits per heavy atom. The number of benzene rings is 1. The molecule has 2 amide bonds. The maximum Gasteiger partial charge on any atom is 0.416 e. The number of aromatic nitrogens is 2. The van der Waals surface area contributed by atoms with Crippen molar-refractivity contribution in [2.45, 2.75) is 56.5 Å². The van der Waals surface area contributed by atoms with Gasteiger partial charge in [-0.05, 0) is 50.3 Å². The van der Waals surface area contributed by atoms with Crippen molar-refractivity contribution < 1.29 is 34.2 Å². The molecule has 2 aliphatic rings. The number of ether oxygens (including phenoxy) is 1. The van der Waals surface area contributed by atoms with Gasteiger partial charge in [0.15, 0.2) is 5.60 Å². The third-order valence-corrected chi connectivity index (χ3v) is 5.91. The van der Waals surface area contributed by atoms with Crippen LogP contribution >= 0.6 is 0 Å². The largest absolute Gasteiger partial charge is 0.416 e. The molecule has 1 aromatic heterocycles. The summed E-state index contributed by atoms with van der Waals surface area (Å²) in [5.74, 6) is -3.68. The maximum absolute atomic E-state index is 14.4. The molecule has 1 aromatic carbocycles. The Bertz CT molecular complexity index is 1120. The predicted molar refractivity (Wildman–Crippen MR) is 110 cm³/mol. The van der Waals surface area contributed by atoms with Crippen LogP contribution in [0.2, 0.25) is 0 Å². The van der Waals surface area contributed by atoms with E-state index in [0.717, 1.165) is 18.7 Å². The number of nitrogens with one attached hydrogen (secondary N) is 2. The fourth-order valence-corrected chi connectivity index (χ4v) is 3.75. The van der Waals surface area contributed by atoms with Gasteiger partial charge in [-0.25, -0.2) is 18.6 Å². The Kier molecular flexibility index (Phi) is 5.17. The van der Waals surface area contributed by atoms with Crippen LogP contribution in [0.5, 0.6) is 0 Å². The van der Waals surface area contributed by atoms with E-state index in [9.17, 15) is 26.7 Å². The van der Waals surface area contributed by atoms with Gasteiger partial charge in [0.25, 0.3) is 5.92 Å². The number of urea groups is 1. The van der Waals surface area contributed by atoms with Gasteiger partial charge in [0.2, 0.25) is 0 Å². The molecule has 7 nitrogen and oxygen atoms in total. The fourth-order valence-electron chi connectivity index (χ4n) is 3.75. The highest BCUT2D eigenvalue weighted by Gasteiger charge is 2.49. The number of nitrogens with zero attached hydrogens (tertiary/aromatic N) is 2. The summed E-state index contributed by atoms with van der Waals surface area (Å²) in [6, 6.07) is 2.26. The minimum Gasteiger partial charge on any atom is -0.364 e. The summed E-state index contributed by atoms with van der Waals surface area (Å²) in [5.41, 5.74) is 5.05. The minimum atomic E-state index is -4.58. The molecule has 12 heteroatoms. The summed E-state index contributed by atoms with van der Waals surface area (Å²) in [7, 11) is 0. The van der Waals surface area contributed by atoms with Gasteiger partial charge in [-0.15, -0.1) is 0 Å². The van der Waals surface area contributed by atoms with Crippen molar-refractivity contribution in [1.29, 1.82) is 0 Å². The van der Waals surface area contributed by atoms with Crippen LogP contribution in [0.25, 0.3) is 11.0 Å². The Morgan fingerprint density at radius 3 is 2.70 bits per heavy atom. The number of carbonyl (C=O) groups excluding carboxylic acids is 1. The van der Waals surface area contributed by atoms with Gasteiger partial charge in [-0.3, -0.25) is 0 Å². The number of fused-ring (bicyclic) bond motifs is 1. The summed E-state index contributed by atoms with van der Waals surface area (Å²) in [6.07, 6.45) is -3.15. The van der Waals surface area contributed by atoms with E-state index in [1.165, 1.54) is 0 Å². The molecule has 2 heterocycles. The average molecular weight is 477 g/mol.